The van der Waals surface area contributed by atoms with E-state index in [-0.39, 0.29) is 0 Å². The van der Waals surface area contributed by atoms with Gasteiger partial charge in [-0.15, -0.1) is 0 Å². The molecule has 0 rings (SSSR count). The first-order valence-corrected chi connectivity index (χ1v) is 11.5. The van der Waals surface area contributed by atoms with Crippen LogP contribution in [0.25, 0.3) is 0 Å². The lowest BCUT2D eigenvalue weighted by Gasteiger charge is -2.27. The van der Waals surface area contributed by atoms with Crippen LogP contribution in [0.2, 0.25) is 32.2 Å². The Morgan fingerprint density at radius 2 is 1.85 bits per heavy atom. The minimum absolute atomic E-state index is 0.610. The Morgan fingerprint density at radius 3 is 2.15 bits per heavy atom. The van der Waals surface area contributed by atoms with E-state index in [1.54, 1.807) is 0 Å². The molecule has 2 radical (unpaired) electrons. The number of hydrogen-bond acceptors (Lipinski definition) is 3. The highest BCUT2D eigenvalue weighted by Crippen LogP contribution is 2.07. The molecule has 0 aromatic rings. The van der Waals surface area contributed by atoms with Gasteiger partial charge < -0.3 is 13.2 Å². The molecule has 6 heteroatoms. The Bertz CT molecular complexity index is 144. The number of rotatable bonds is 6. The van der Waals surface area contributed by atoms with Crippen LogP contribution in [0, 0.1) is 0 Å². The van der Waals surface area contributed by atoms with Crippen molar-refractivity contribution in [2.45, 2.75) is 39.2 Å². The van der Waals surface area contributed by atoms with Crippen molar-refractivity contribution in [3.8, 4) is 0 Å². The first-order chi connectivity index (χ1) is 5.91. The highest BCUT2D eigenvalue weighted by atomic mass is 28.4. The predicted molar refractivity (Wildman–Crippen MR) is 62.4 cm³/mol. The van der Waals surface area contributed by atoms with Gasteiger partial charge in [0, 0.05) is 0 Å². The second-order valence-corrected chi connectivity index (χ2v) is 12.0. The van der Waals surface area contributed by atoms with E-state index in [0.29, 0.717) is 0 Å². The van der Waals surface area contributed by atoms with Crippen molar-refractivity contribution in [3.63, 3.8) is 0 Å². The third kappa shape index (κ3) is 6.58. The molecule has 0 bridgehead atoms. The zero-order valence-corrected chi connectivity index (χ0v) is 12.5. The first-order valence-electron chi connectivity index (χ1n) is 4.63. The molecular formula is C7H21NO2Si3. The van der Waals surface area contributed by atoms with Gasteiger partial charge in [-0.3, -0.25) is 0 Å². The van der Waals surface area contributed by atoms with Gasteiger partial charge >= 0.3 is 9.28 Å². The second kappa shape index (κ2) is 6.10. The quantitative estimate of drug-likeness (QED) is 0.711. The van der Waals surface area contributed by atoms with E-state index in [1.165, 1.54) is 0 Å². The zero-order valence-electron chi connectivity index (χ0n) is 9.52. The summed E-state index contributed by atoms with van der Waals surface area (Å²) in [6, 6.07) is 1.03. The highest BCUT2D eigenvalue weighted by molar-refractivity contribution is 6.76. The topological polar surface area (TPSA) is 30.5 Å². The molecule has 0 aliphatic rings. The Morgan fingerprint density at radius 1 is 1.31 bits per heavy atom. The summed E-state index contributed by atoms with van der Waals surface area (Å²) in [5.74, 6) is 0. The summed E-state index contributed by atoms with van der Waals surface area (Å²) in [6.45, 7) is 10.8. The van der Waals surface area contributed by atoms with E-state index in [9.17, 15) is 0 Å². The lowest BCUT2D eigenvalue weighted by molar-refractivity contribution is 0.420. The zero-order chi connectivity index (χ0) is 10.5. The lowest BCUT2D eigenvalue weighted by Crippen LogP contribution is -2.50. The SMILES string of the molecule is CC[Si](O[Si](C)C)O[Si](C)(C)NC. The molecular weight excluding hydrogens is 214 g/mol. The summed E-state index contributed by atoms with van der Waals surface area (Å²) in [7, 11) is -1.30. The Labute approximate surface area is 86.6 Å². The van der Waals surface area contributed by atoms with Crippen LogP contribution in [0.1, 0.15) is 6.92 Å². The monoisotopic (exact) mass is 235 g/mol. The molecule has 0 heterocycles. The standard InChI is InChI=1S/C7H21NO2Si3/c1-7-12(9-11(3)4)10-13(5,6)8-2/h8H,7H2,1-6H3. The molecule has 0 spiro atoms. The van der Waals surface area contributed by atoms with E-state index in [0.717, 1.165) is 6.04 Å². The summed E-state index contributed by atoms with van der Waals surface area (Å²) in [6.07, 6.45) is 0. The average Bonchev–Trinajstić information content (AvgIpc) is 2.02. The van der Waals surface area contributed by atoms with Crippen molar-refractivity contribution in [3.05, 3.63) is 0 Å². The summed E-state index contributed by atoms with van der Waals surface area (Å²) < 4.78 is 11.8. The number of hydrogen-bond donors (Lipinski definition) is 1. The lowest BCUT2D eigenvalue weighted by atomic mass is 11.0. The maximum atomic E-state index is 5.98. The van der Waals surface area contributed by atoms with Gasteiger partial charge in [0.2, 0.25) is 0 Å². The molecule has 13 heavy (non-hydrogen) atoms. The first kappa shape index (κ1) is 13.5. The molecule has 3 nitrogen and oxygen atoms in total. The molecule has 0 aliphatic heterocycles. The molecule has 0 saturated carbocycles. The molecule has 0 fully saturated rings. The van der Waals surface area contributed by atoms with Gasteiger partial charge in [0.15, 0.2) is 9.04 Å². The van der Waals surface area contributed by atoms with Crippen LogP contribution in [0.3, 0.4) is 0 Å². The largest absolute Gasteiger partial charge is 0.435 e. The molecule has 0 amide bonds. The summed E-state index contributed by atoms with van der Waals surface area (Å²) in [5, 5.41) is 0. The molecule has 0 unspecified atom stereocenters. The van der Waals surface area contributed by atoms with E-state index < -0.39 is 26.8 Å². The summed E-state index contributed by atoms with van der Waals surface area (Å²) in [4.78, 5) is 3.25. The summed E-state index contributed by atoms with van der Waals surface area (Å²) >= 11 is 0. The van der Waals surface area contributed by atoms with Crippen LogP contribution in [0.4, 0.5) is 0 Å². The van der Waals surface area contributed by atoms with Gasteiger partial charge in [-0.05, 0) is 39.3 Å². The van der Waals surface area contributed by atoms with E-state index in [1.807, 2.05) is 7.05 Å². The number of nitrogens with one attached hydrogen (secondary N) is 1. The van der Waals surface area contributed by atoms with Gasteiger partial charge in [0.25, 0.3) is 8.48 Å². The van der Waals surface area contributed by atoms with Crippen molar-refractivity contribution in [2.75, 3.05) is 7.05 Å². The fraction of sp³-hybridized carbons (Fsp3) is 1.00. The molecule has 0 atom stereocenters. The van der Waals surface area contributed by atoms with Crippen molar-refractivity contribution < 1.29 is 8.23 Å². The van der Waals surface area contributed by atoms with Crippen molar-refractivity contribution >= 4 is 26.8 Å². The van der Waals surface area contributed by atoms with Crippen molar-refractivity contribution in [1.29, 1.82) is 0 Å². The Kier molecular flexibility index (Phi) is 6.35. The maximum Gasteiger partial charge on any atom is 0.363 e. The van der Waals surface area contributed by atoms with Gasteiger partial charge in [0.05, 0.1) is 0 Å². The van der Waals surface area contributed by atoms with Crippen molar-refractivity contribution in [1.82, 2.24) is 4.98 Å². The third-order valence-electron chi connectivity index (χ3n) is 1.58. The molecule has 1 N–H and O–H groups in total. The van der Waals surface area contributed by atoms with Crippen LogP contribution in [0.15, 0.2) is 0 Å². The minimum atomic E-state index is -1.64. The minimum Gasteiger partial charge on any atom is -0.435 e. The average molecular weight is 236 g/mol. The van der Waals surface area contributed by atoms with Gasteiger partial charge in [-0.2, -0.15) is 0 Å². The molecule has 0 saturated heterocycles. The van der Waals surface area contributed by atoms with Gasteiger partial charge in [-0.25, -0.2) is 0 Å². The van der Waals surface area contributed by atoms with E-state index in [2.05, 4.69) is 38.1 Å². The van der Waals surface area contributed by atoms with Crippen LogP contribution in [0.5, 0.6) is 0 Å². The van der Waals surface area contributed by atoms with E-state index in [4.69, 9.17) is 8.23 Å². The molecule has 0 aromatic heterocycles. The smallest absolute Gasteiger partial charge is 0.363 e. The van der Waals surface area contributed by atoms with Crippen LogP contribution < -0.4 is 4.98 Å². The predicted octanol–water partition coefficient (Wildman–Crippen LogP) is 1.70. The fourth-order valence-corrected chi connectivity index (χ4v) is 6.93. The Balaban J connectivity index is 3.97. The van der Waals surface area contributed by atoms with Gasteiger partial charge in [0.1, 0.15) is 0 Å². The highest BCUT2D eigenvalue weighted by Gasteiger charge is 2.27. The molecule has 0 aliphatic carbocycles. The molecule has 78 valence electrons. The second-order valence-electron chi connectivity index (χ2n) is 3.60. The van der Waals surface area contributed by atoms with Gasteiger partial charge in [-0.1, -0.05) is 6.92 Å². The fourth-order valence-electron chi connectivity index (χ4n) is 0.728. The van der Waals surface area contributed by atoms with Crippen molar-refractivity contribution in [2.24, 2.45) is 0 Å². The normalized spacial score (nSPS) is 12.9. The van der Waals surface area contributed by atoms with Crippen LogP contribution >= 0.6 is 0 Å². The Hall–Kier alpha value is 0.531. The van der Waals surface area contributed by atoms with E-state index >= 15 is 0 Å². The summed E-state index contributed by atoms with van der Waals surface area (Å²) in [5.41, 5.74) is 0. The molecule has 0 aromatic carbocycles. The maximum absolute atomic E-state index is 5.98. The van der Waals surface area contributed by atoms with Crippen LogP contribution in [-0.2, 0) is 8.23 Å². The van der Waals surface area contributed by atoms with Crippen LogP contribution in [-0.4, -0.2) is 33.9 Å². The third-order valence-corrected chi connectivity index (χ3v) is 8.85.